The molecule has 2 aromatic rings. The number of rotatable bonds is 4. The summed E-state index contributed by atoms with van der Waals surface area (Å²) in [5, 5.41) is 22.3. The van der Waals surface area contributed by atoms with Gasteiger partial charge in [-0.05, 0) is 46.9 Å². The van der Waals surface area contributed by atoms with Crippen LogP contribution in [0.15, 0.2) is 48.3 Å². The van der Waals surface area contributed by atoms with Gasteiger partial charge >= 0.3 is 0 Å². The van der Waals surface area contributed by atoms with E-state index >= 15 is 0 Å². The number of benzene rings is 1. The van der Waals surface area contributed by atoms with E-state index in [9.17, 15) is 15.2 Å². The Morgan fingerprint density at radius 3 is 2.68 bits per heavy atom. The Kier molecular flexibility index (Phi) is 5.37. The fourth-order valence-corrected chi connectivity index (χ4v) is 3.93. The minimum Gasteiger partial charge on any atom is -0.392 e. The molecule has 3 rings (SSSR count). The summed E-state index contributed by atoms with van der Waals surface area (Å²) >= 11 is 12.3. The average molecular weight is 379 g/mol. The summed E-state index contributed by atoms with van der Waals surface area (Å²) < 4.78 is 0. The Bertz CT molecular complexity index is 824. The zero-order valence-electron chi connectivity index (χ0n) is 13.2. The van der Waals surface area contributed by atoms with Gasteiger partial charge in [-0.2, -0.15) is 0 Å². The third-order valence-corrected chi connectivity index (χ3v) is 5.17. The van der Waals surface area contributed by atoms with Crippen LogP contribution in [0.25, 0.3) is 5.57 Å². The van der Waals surface area contributed by atoms with Crippen LogP contribution in [0, 0.1) is 10.1 Å². The van der Waals surface area contributed by atoms with Gasteiger partial charge in [-0.15, -0.1) is 0 Å². The lowest BCUT2D eigenvalue weighted by Crippen LogP contribution is -2.32. The normalized spacial score (nSPS) is 20.6. The number of aliphatic hydroxyl groups excluding tert-OH is 1. The Hall–Kier alpha value is -1.95. The van der Waals surface area contributed by atoms with Gasteiger partial charge in [0.15, 0.2) is 0 Å². The molecule has 7 heteroatoms. The molecule has 0 spiro atoms. The second-order valence-electron chi connectivity index (χ2n) is 6.02. The largest absolute Gasteiger partial charge is 0.392 e. The standard InChI is InChI=1S/C18H16Cl2N2O3/c19-13-3-4-14(17(20)7-13)16-8-15(11-2-1-5-21-9-11)12(10-23)6-18(16)22(24)25/h1-5,7,9,16,18,23H,6,8,10H2/t16-,18+/m0/s1. The molecule has 0 radical (unpaired) electrons. The molecule has 2 atom stereocenters. The minimum absolute atomic E-state index is 0.178. The highest BCUT2D eigenvalue weighted by Gasteiger charge is 2.40. The van der Waals surface area contributed by atoms with E-state index in [4.69, 9.17) is 23.2 Å². The van der Waals surface area contributed by atoms with Crippen LogP contribution in [0.5, 0.6) is 0 Å². The van der Waals surface area contributed by atoms with E-state index < -0.39 is 12.0 Å². The first-order valence-electron chi connectivity index (χ1n) is 7.82. The highest BCUT2D eigenvalue weighted by Crippen LogP contribution is 2.44. The number of hydrogen-bond donors (Lipinski definition) is 1. The van der Waals surface area contributed by atoms with Crippen molar-refractivity contribution in [2.75, 3.05) is 6.61 Å². The van der Waals surface area contributed by atoms with Gasteiger partial charge in [0, 0.05) is 33.8 Å². The van der Waals surface area contributed by atoms with Crippen molar-refractivity contribution in [1.82, 2.24) is 4.98 Å². The maximum Gasteiger partial charge on any atom is 0.224 e. The van der Waals surface area contributed by atoms with Crippen LogP contribution in [0.3, 0.4) is 0 Å². The SMILES string of the molecule is O=[N+]([O-])[C@@H]1CC(CO)=C(c2cccnc2)C[C@H]1c1ccc(Cl)cc1Cl. The van der Waals surface area contributed by atoms with Crippen LogP contribution in [0.2, 0.25) is 10.0 Å². The molecule has 5 nitrogen and oxygen atoms in total. The van der Waals surface area contributed by atoms with Gasteiger partial charge in [-0.3, -0.25) is 15.1 Å². The zero-order valence-corrected chi connectivity index (χ0v) is 14.7. The highest BCUT2D eigenvalue weighted by molar-refractivity contribution is 6.35. The van der Waals surface area contributed by atoms with E-state index in [1.54, 1.807) is 36.7 Å². The number of aliphatic hydroxyl groups is 1. The van der Waals surface area contributed by atoms with E-state index in [0.29, 0.717) is 27.6 Å². The number of allylic oxidation sites excluding steroid dienone is 1. The van der Waals surface area contributed by atoms with Gasteiger partial charge < -0.3 is 5.11 Å². The Morgan fingerprint density at radius 2 is 2.08 bits per heavy atom. The van der Waals surface area contributed by atoms with Crippen LogP contribution in [-0.4, -0.2) is 27.7 Å². The molecule has 0 saturated heterocycles. The van der Waals surface area contributed by atoms with Gasteiger partial charge in [0.25, 0.3) is 0 Å². The van der Waals surface area contributed by atoms with Crippen LogP contribution in [0.4, 0.5) is 0 Å². The van der Waals surface area contributed by atoms with Gasteiger partial charge in [0.05, 0.1) is 12.5 Å². The molecule has 0 aliphatic heterocycles. The van der Waals surface area contributed by atoms with Gasteiger partial charge in [0.1, 0.15) is 0 Å². The molecule has 1 aliphatic rings. The number of pyridine rings is 1. The van der Waals surface area contributed by atoms with E-state index in [2.05, 4.69) is 4.98 Å². The molecule has 25 heavy (non-hydrogen) atoms. The van der Waals surface area contributed by atoms with Crippen LogP contribution in [-0.2, 0) is 0 Å². The van der Waals surface area contributed by atoms with Crippen LogP contribution in [0.1, 0.15) is 29.9 Å². The van der Waals surface area contributed by atoms with Gasteiger partial charge in [-0.25, -0.2) is 0 Å². The number of nitrogens with zero attached hydrogens (tertiary/aromatic N) is 2. The van der Waals surface area contributed by atoms with Gasteiger partial charge in [0.2, 0.25) is 6.04 Å². The van der Waals surface area contributed by atoms with Crippen molar-refractivity contribution in [3.63, 3.8) is 0 Å². The molecular formula is C18H16Cl2N2O3. The summed E-state index contributed by atoms with van der Waals surface area (Å²) in [7, 11) is 0. The van der Waals surface area contributed by atoms with Crippen molar-refractivity contribution in [3.05, 3.63) is 79.6 Å². The maximum absolute atomic E-state index is 11.6. The van der Waals surface area contributed by atoms with Crippen molar-refractivity contribution in [2.24, 2.45) is 0 Å². The second-order valence-corrected chi connectivity index (χ2v) is 6.86. The summed E-state index contributed by atoms with van der Waals surface area (Å²) in [6, 6.07) is 7.89. The van der Waals surface area contributed by atoms with Crippen molar-refractivity contribution in [3.8, 4) is 0 Å². The summed E-state index contributed by atoms with van der Waals surface area (Å²) in [5.74, 6) is -0.398. The van der Waals surface area contributed by atoms with Crippen molar-refractivity contribution >= 4 is 28.8 Å². The van der Waals surface area contributed by atoms with Crippen molar-refractivity contribution in [1.29, 1.82) is 0 Å². The van der Waals surface area contributed by atoms with E-state index in [1.807, 2.05) is 6.07 Å². The van der Waals surface area contributed by atoms with E-state index in [-0.39, 0.29) is 18.0 Å². The molecule has 0 amide bonds. The lowest BCUT2D eigenvalue weighted by atomic mass is 9.75. The summed E-state index contributed by atoms with van der Waals surface area (Å²) in [5.41, 5.74) is 3.13. The molecule has 1 aliphatic carbocycles. The second kappa shape index (κ2) is 7.52. The number of aromatic nitrogens is 1. The molecule has 1 N–H and O–H groups in total. The molecule has 130 valence electrons. The molecule has 1 heterocycles. The lowest BCUT2D eigenvalue weighted by molar-refractivity contribution is -0.526. The molecule has 0 fully saturated rings. The molecule has 1 aromatic heterocycles. The molecule has 0 unspecified atom stereocenters. The number of hydrogen-bond acceptors (Lipinski definition) is 4. The monoisotopic (exact) mass is 378 g/mol. The third-order valence-electron chi connectivity index (χ3n) is 4.60. The fourth-order valence-electron chi connectivity index (χ4n) is 3.38. The average Bonchev–Trinajstić information content (AvgIpc) is 2.61. The number of halogens is 2. The summed E-state index contributed by atoms with van der Waals surface area (Å²) in [6.45, 7) is -0.213. The Morgan fingerprint density at radius 1 is 1.28 bits per heavy atom. The van der Waals surface area contributed by atoms with Crippen LogP contribution < -0.4 is 0 Å². The van der Waals surface area contributed by atoms with E-state index in [1.165, 1.54) is 0 Å². The first kappa shape index (κ1) is 17.9. The highest BCUT2D eigenvalue weighted by atomic mass is 35.5. The Labute approximate surface area is 155 Å². The first-order valence-corrected chi connectivity index (χ1v) is 8.57. The molecule has 0 saturated carbocycles. The lowest BCUT2D eigenvalue weighted by Gasteiger charge is -2.30. The predicted molar refractivity (Wildman–Crippen MR) is 97.5 cm³/mol. The smallest absolute Gasteiger partial charge is 0.224 e. The molecule has 0 bridgehead atoms. The topological polar surface area (TPSA) is 76.3 Å². The summed E-state index contributed by atoms with van der Waals surface area (Å²) in [6.07, 6.45) is 3.96. The molecular weight excluding hydrogens is 363 g/mol. The summed E-state index contributed by atoms with van der Waals surface area (Å²) in [4.78, 5) is 15.5. The quantitative estimate of drug-likeness (QED) is 0.633. The van der Waals surface area contributed by atoms with Crippen molar-refractivity contribution < 1.29 is 10.0 Å². The Balaban J connectivity index is 2.08. The third kappa shape index (κ3) is 3.68. The molecule has 1 aromatic carbocycles. The fraction of sp³-hybridized carbons (Fsp3) is 0.278. The number of nitro groups is 1. The maximum atomic E-state index is 11.6. The minimum atomic E-state index is -0.846. The first-order chi connectivity index (χ1) is 12.0. The van der Waals surface area contributed by atoms with E-state index in [0.717, 1.165) is 11.1 Å². The predicted octanol–water partition coefficient (Wildman–Crippen LogP) is 4.36. The van der Waals surface area contributed by atoms with Gasteiger partial charge in [-0.1, -0.05) is 35.3 Å². The van der Waals surface area contributed by atoms with Crippen molar-refractivity contribution in [2.45, 2.75) is 24.8 Å². The van der Waals surface area contributed by atoms with Crippen LogP contribution >= 0.6 is 23.2 Å². The zero-order chi connectivity index (χ0) is 18.0.